The van der Waals surface area contributed by atoms with Gasteiger partial charge in [-0.05, 0) is 13.8 Å². The van der Waals surface area contributed by atoms with Crippen LogP contribution in [-0.2, 0) is 9.53 Å². The SMILES string of the molecule is CC1(C)CNCC(CC(N)=O)O1. The topological polar surface area (TPSA) is 64.3 Å². The number of primary amides is 1. The molecular formula is C8H16N2O2. The first kappa shape index (κ1) is 9.48. The average molecular weight is 172 g/mol. The second-order valence-corrected chi connectivity index (χ2v) is 3.80. The molecule has 1 atom stereocenters. The van der Waals surface area contributed by atoms with Gasteiger partial charge in [-0.1, -0.05) is 0 Å². The van der Waals surface area contributed by atoms with E-state index in [1.165, 1.54) is 0 Å². The predicted molar refractivity (Wildman–Crippen MR) is 45.6 cm³/mol. The van der Waals surface area contributed by atoms with E-state index >= 15 is 0 Å². The predicted octanol–water partition coefficient (Wildman–Crippen LogP) is -0.371. The van der Waals surface area contributed by atoms with E-state index in [0.717, 1.165) is 6.54 Å². The molecular weight excluding hydrogens is 156 g/mol. The maximum Gasteiger partial charge on any atom is 0.220 e. The van der Waals surface area contributed by atoms with E-state index in [-0.39, 0.29) is 17.6 Å². The Labute approximate surface area is 72.5 Å². The standard InChI is InChI=1S/C8H16N2O2/c1-8(2)5-10-4-6(12-8)3-7(9)11/h6,10H,3-5H2,1-2H3,(H2,9,11). The Kier molecular flexibility index (Phi) is 2.69. The van der Waals surface area contributed by atoms with Crippen molar-refractivity contribution in [1.82, 2.24) is 5.32 Å². The molecule has 0 spiro atoms. The van der Waals surface area contributed by atoms with Gasteiger partial charge in [0.05, 0.1) is 18.1 Å². The van der Waals surface area contributed by atoms with Crippen molar-refractivity contribution in [3.05, 3.63) is 0 Å². The van der Waals surface area contributed by atoms with E-state index in [1.807, 2.05) is 13.8 Å². The molecule has 1 amide bonds. The van der Waals surface area contributed by atoms with Crippen molar-refractivity contribution in [1.29, 1.82) is 0 Å². The first-order chi connectivity index (χ1) is 5.49. The monoisotopic (exact) mass is 172 g/mol. The molecule has 12 heavy (non-hydrogen) atoms. The smallest absolute Gasteiger partial charge is 0.220 e. The number of carbonyl (C=O) groups is 1. The Morgan fingerprint density at radius 3 is 2.92 bits per heavy atom. The third-order valence-corrected chi connectivity index (χ3v) is 1.84. The van der Waals surface area contributed by atoms with Gasteiger partial charge < -0.3 is 15.8 Å². The molecule has 1 heterocycles. The maximum absolute atomic E-state index is 10.6. The van der Waals surface area contributed by atoms with Gasteiger partial charge in [0.2, 0.25) is 5.91 Å². The first-order valence-electron chi connectivity index (χ1n) is 4.16. The summed E-state index contributed by atoms with van der Waals surface area (Å²) in [5, 5.41) is 3.20. The summed E-state index contributed by atoms with van der Waals surface area (Å²) in [7, 11) is 0. The Bertz CT molecular complexity index is 180. The van der Waals surface area contributed by atoms with Crippen molar-refractivity contribution in [2.24, 2.45) is 5.73 Å². The summed E-state index contributed by atoms with van der Waals surface area (Å²) in [5.74, 6) is -0.306. The van der Waals surface area contributed by atoms with E-state index in [9.17, 15) is 4.79 Å². The number of carbonyl (C=O) groups excluding carboxylic acids is 1. The van der Waals surface area contributed by atoms with Crippen molar-refractivity contribution in [2.75, 3.05) is 13.1 Å². The molecule has 0 aromatic heterocycles. The number of ether oxygens (including phenoxy) is 1. The van der Waals surface area contributed by atoms with E-state index in [0.29, 0.717) is 13.0 Å². The van der Waals surface area contributed by atoms with Crippen molar-refractivity contribution in [2.45, 2.75) is 32.0 Å². The molecule has 0 radical (unpaired) electrons. The fourth-order valence-electron chi connectivity index (χ4n) is 1.41. The highest BCUT2D eigenvalue weighted by Gasteiger charge is 2.28. The minimum atomic E-state index is -0.306. The quantitative estimate of drug-likeness (QED) is 0.597. The van der Waals surface area contributed by atoms with Crippen molar-refractivity contribution in [3.8, 4) is 0 Å². The maximum atomic E-state index is 10.6. The number of amides is 1. The molecule has 1 fully saturated rings. The Morgan fingerprint density at radius 1 is 1.75 bits per heavy atom. The summed E-state index contributed by atoms with van der Waals surface area (Å²) >= 11 is 0. The van der Waals surface area contributed by atoms with Gasteiger partial charge in [-0.3, -0.25) is 4.79 Å². The van der Waals surface area contributed by atoms with Gasteiger partial charge in [-0.2, -0.15) is 0 Å². The van der Waals surface area contributed by atoms with Crippen LogP contribution in [0.1, 0.15) is 20.3 Å². The summed E-state index contributed by atoms with van der Waals surface area (Å²) in [6.45, 7) is 5.52. The normalized spacial score (nSPS) is 28.3. The lowest BCUT2D eigenvalue weighted by Gasteiger charge is -2.36. The zero-order valence-electron chi connectivity index (χ0n) is 7.59. The Hall–Kier alpha value is -0.610. The zero-order valence-corrected chi connectivity index (χ0v) is 7.59. The Morgan fingerprint density at radius 2 is 2.42 bits per heavy atom. The van der Waals surface area contributed by atoms with Gasteiger partial charge in [0.15, 0.2) is 0 Å². The van der Waals surface area contributed by atoms with Gasteiger partial charge in [0.1, 0.15) is 0 Å². The lowest BCUT2D eigenvalue weighted by Crippen LogP contribution is -2.51. The van der Waals surface area contributed by atoms with E-state index < -0.39 is 0 Å². The van der Waals surface area contributed by atoms with Crippen LogP contribution in [0.5, 0.6) is 0 Å². The summed E-state index contributed by atoms with van der Waals surface area (Å²) in [6.07, 6.45) is 0.238. The highest BCUT2D eigenvalue weighted by molar-refractivity contribution is 5.74. The molecule has 0 aromatic rings. The molecule has 0 aliphatic carbocycles. The summed E-state index contributed by atoms with van der Waals surface area (Å²) in [5.41, 5.74) is 4.88. The fourth-order valence-corrected chi connectivity index (χ4v) is 1.41. The Balaban J connectivity index is 2.41. The molecule has 1 aliphatic heterocycles. The largest absolute Gasteiger partial charge is 0.370 e. The van der Waals surface area contributed by atoms with E-state index in [2.05, 4.69) is 5.32 Å². The van der Waals surface area contributed by atoms with Gasteiger partial charge >= 0.3 is 0 Å². The van der Waals surface area contributed by atoms with E-state index in [4.69, 9.17) is 10.5 Å². The van der Waals surface area contributed by atoms with Crippen LogP contribution in [0.4, 0.5) is 0 Å². The summed E-state index contributed by atoms with van der Waals surface area (Å²) in [6, 6.07) is 0. The molecule has 0 aromatic carbocycles. The number of nitrogens with two attached hydrogens (primary N) is 1. The lowest BCUT2D eigenvalue weighted by molar-refractivity contribution is -0.129. The van der Waals surface area contributed by atoms with Crippen molar-refractivity contribution >= 4 is 5.91 Å². The highest BCUT2D eigenvalue weighted by atomic mass is 16.5. The van der Waals surface area contributed by atoms with Crippen LogP contribution in [0, 0.1) is 0 Å². The third-order valence-electron chi connectivity index (χ3n) is 1.84. The molecule has 70 valence electrons. The molecule has 4 nitrogen and oxygen atoms in total. The van der Waals surface area contributed by atoms with Gasteiger partial charge in [-0.15, -0.1) is 0 Å². The number of morpholine rings is 1. The van der Waals surface area contributed by atoms with Crippen LogP contribution in [0.15, 0.2) is 0 Å². The second-order valence-electron chi connectivity index (χ2n) is 3.80. The van der Waals surface area contributed by atoms with Gasteiger partial charge in [0.25, 0.3) is 0 Å². The van der Waals surface area contributed by atoms with Crippen molar-refractivity contribution < 1.29 is 9.53 Å². The van der Waals surface area contributed by atoms with Crippen LogP contribution >= 0.6 is 0 Å². The van der Waals surface area contributed by atoms with Crippen LogP contribution in [0.2, 0.25) is 0 Å². The summed E-state index contributed by atoms with van der Waals surface area (Å²) in [4.78, 5) is 10.6. The molecule has 0 bridgehead atoms. The number of rotatable bonds is 2. The lowest BCUT2D eigenvalue weighted by atomic mass is 10.1. The van der Waals surface area contributed by atoms with Crippen molar-refractivity contribution in [3.63, 3.8) is 0 Å². The molecule has 1 aliphatic rings. The van der Waals surface area contributed by atoms with Gasteiger partial charge in [0, 0.05) is 13.1 Å². The van der Waals surface area contributed by atoms with Gasteiger partial charge in [-0.25, -0.2) is 0 Å². The molecule has 1 rings (SSSR count). The van der Waals surface area contributed by atoms with Crippen LogP contribution in [-0.4, -0.2) is 30.7 Å². The molecule has 1 unspecified atom stereocenters. The highest BCUT2D eigenvalue weighted by Crippen LogP contribution is 2.16. The average Bonchev–Trinajstić information content (AvgIpc) is 1.82. The minimum Gasteiger partial charge on any atom is -0.370 e. The minimum absolute atomic E-state index is 0.0637. The van der Waals surface area contributed by atoms with E-state index in [1.54, 1.807) is 0 Å². The number of hydrogen-bond acceptors (Lipinski definition) is 3. The number of hydrogen-bond donors (Lipinski definition) is 2. The summed E-state index contributed by atoms with van der Waals surface area (Å²) < 4.78 is 5.62. The molecule has 4 heteroatoms. The van der Waals surface area contributed by atoms with Crippen LogP contribution in [0.3, 0.4) is 0 Å². The fraction of sp³-hybridized carbons (Fsp3) is 0.875. The first-order valence-corrected chi connectivity index (χ1v) is 4.16. The van der Waals surface area contributed by atoms with Crippen LogP contribution in [0.25, 0.3) is 0 Å². The molecule has 0 saturated carbocycles. The van der Waals surface area contributed by atoms with Crippen LogP contribution < -0.4 is 11.1 Å². The molecule has 1 saturated heterocycles. The molecule has 3 N–H and O–H groups in total. The number of nitrogens with one attached hydrogen (secondary N) is 1. The zero-order chi connectivity index (χ0) is 9.19. The second kappa shape index (κ2) is 3.41. The third kappa shape index (κ3) is 2.79.